The van der Waals surface area contributed by atoms with Crippen molar-refractivity contribution in [2.45, 2.75) is 18.5 Å². The number of nitrogens with one attached hydrogen (secondary N) is 1. The molecule has 4 aromatic rings. The van der Waals surface area contributed by atoms with Gasteiger partial charge in [-0.15, -0.1) is 0 Å². The van der Waals surface area contributed by atoms with Crippen molar-refractivity contribution in [1.29, 1.82) is 0 Å². The summed E-state index contributed by atoms with van der Waals surface area (Å²) in [5.74, 6) is 0.127. The van der Waals surface area contributed by atoms with Gasteiger partial charge in [0.2, 0.25) is 11.8 Å². The molecule has 0 saturated carbocycles. The van der Waals surface area contributed by atoms with E-state index < -0.39 is 0 Å². The van der Waals surface area contributed by atoms with Crippen LogP contribution >= 0.6 is 35.7 Å². The number of anilines is 1. The van der Waals surface area contributed by atoms with Crippen LogP contribution in [0.3, 0.4) is 0 Å². The Morgan fingerprint density at radius 1 is 1.10 bits per heavy atom. The molecule has 0 aliphatic carbocycles. The van der Waals surface area contributed by atoms with Gasteiger partial charge in [-0.3, -0.25) is 23.9 Å². The quantitative estimate of drug-likeness (QED) is 0.141. The van der Waals surface area contributed by atoms with E-state index in [9.17, 15) is 14.4 Å². The van der Waals surface area contributed by atoms with E-state index in [1.165, 1.54) is 33.0 Å². The lowest BCUT2D eigenvalue weighted by atomic mass is 10.2. The predicted molar refractivity (Wildman–Crippen MR) is 168 cm³/mol. The number of ether oxygens (including phenoxy) is 1. The van der Waals surface area contributed by atoms with Crippen LogP contribution in [0.5, 0.6) is 5.75 Å². The van der Waals surface area contributed by atoms with Gasteiger partial charge in [0.05, 0.1) is 28.8 Å². The van der Waals surface area contributed by atoms with E-state index in [0.29, 0.717) is 31.1 Å². The number of thioether (sulfide) groups is 2. The summed E-state index contributed by atoms with van der Waals surface area (Å²) < 4.78 is 7.11. The number of fused-ring (bicyclic) bond motifs is 1. The molecule has 1 fully saturated rings. The first-order chi connectivity index (χ1) is 19.8. The van der Waals surface area contributed by atoms with E-state index in [4.69, 9.17) is 17.0 Å². The fraction of sp³-hybridized carbons (Fsp3) is 0.167. The van der Waals surface area contributed by atoms with Crippen molar-refractivity contribution in [3.05, 3.63) is 88.8 Å². The summed E-state index contributed by atoms with van der Waals surface area (Å²) in [6, 6.07) is 22.2. The lowest BCUT2D eigenvalue weighted by Crippen LogP contribution is -2.31. The largest absolute Gasteiger partial charge is 0.497 e. The smallest absolute Gasteiger partial charge is 0.266 e. The number of nitrogens with zero attached hydrogens (tertiary/aromatic N) is 3. The Hall–Kier alpha value is -3.93. The number of para-hydroxylation sites is 2. The van der Waals surface area contributed by atoms with Gasteiger partial charge in [-0.2, -0.15) is 0 Å². The number of hydrogen-bond donors (Lipinski definition) is 1. The first-order valence-corrected chi connectivity index (χ1v) is 14.9. The van der Waals surface area contributed by atoms with Gasteiger partial charge in [-0.25, -0.2) is 4.98 Å². The third-order valence-corrected chi connectivity index (χ3v) is 8.57. The van der Waals surface area contributed by atoms with E-state index in [1.807, 2.05) is 79.7 Å². The van der Waals surface area contributed by atoms with Crippen LogP contribution in [-0.4, -0.2) is 55.9 Å². The van der Waals surface area contributed by atoms with Crippen LogP contribution in [0.15, 0.2) is 82.9 Å². The molecular formula is C30H26N4O4S3. The molecule has 1 aliphatic heterocycles. The normalized spacial score (nSPS) is 14.2. The number of thiocarbonyl (C=S) groups is 1. The number of aryl methyl sites for hydroxylation is 1. The van der Waals surface area contributed by atoms with Gasteiger partial charge < -0.3 is 10.1 Å². The third-order valence-electron chi connectivity index (χ3n) is 6.25. The number of imidazole rings is 1. The molecule has 1 N–H and O–H groups in total. The number of aromatic nitrogens is 2. The highest BCUT2D eigenvalue weighted by molar-refractivity contribution is 8.26. The van der Waals surface area contributed by atoms with E-state index in [-0.39, 0.29) is 36.4 Å². The second-order valence-electron chi connectivity index (χ2n) is 9.18. The SMILES string of the molecule is COc1ccc(/C=C2\SC(=S)N(CCC(=O)n3c(SCC(=O)Nc4cccc(C)c4)nc4ccccc43)C2=O)cc1. The monoisotopic (exact) mass is 602 g/mol. The van der Waals surface area contributed by atoms with E-state index in [2.05, 4.69) is 10.3 Å². The van der Waals surface area contributed by atoms with Crippen molar-refractivity contribution in [3.8, 4) is 5.75 Å². The number of carbonyl (C=O) groups is 3. The second kappa shape index (κ2) is 12.7. The summed E-state index contributed by atoms with van der Waals surface area (Å²) in [4.78, 5) is 45.8. The highest BCUT2D eigenvalue weighted by Gasteiger charge is 2.32. The van der Waals surface area contributed by atoms with Crippen molar-refractivity contribution in [2.75, 3.05) is 24.7 Å². The first-order valence-electron chi connectivity index (χ1n) is 12.7. The van der Waals surface area contributed by atoms with Crippen LogP contribution in [0.1, 0.15) is 22.3 Å². The van der Waals surface area contributed by atoms with Crippen LogP contribution in [0.25, 0.3) is 17.1 Å². The highest BCUT2D eigenvalue weighted by Crippen LogP contribution is 2.33. The van der Waals surface area contributed by atoms with Crippen LogP contribution < -0.4 is 10.1 Å². The maximum atomic E-state index is 13.5. The zero-order valence-corrected chi connectivity index (χ0v) is 24.8. The van der Waals surface area contributed by atoms with E-state index in [0.717, 1.165) is 16.9 Å². The number of benzene rings is 3. The maximum Gasteiger partial charge on any atom is 0.266 e. The van der Waals surface area contributed by atoms with Gasteiger partial charge in [0, 0.05) is 18.7 Å². The Labute approximate surface area is 251 Å². The average molecular weight is 603 g/mol. The molecule has 1 aromatic heterocycles. The van der Waals surface area contributed by atoms with Gasteiger partial charge in [0.1, 0.15) is 10.1 Å². The average Bonchev–Trinajstić information content (AvgIpc) is 3.47. The van der Waals surface area contributed by atoms with Crippen molar-refractivity contribution >= 4 is 80.6 Å². The molecule has 208 valence electrons. The van der Waals surface area contributed by atoms with Crippen molar-refractivity contribution in [1.82, 2.24) is 14.5 Å². The van der Waals surface area contributed by atoms with Gasteiger partial charge in [0.15, 0.2) is 5.16 Å². The summed E-state index contributed by atoms with van der Waals surface area (Å²) in [7, 11) is 1.60. The van der Waals surface area contributed by atoms with Crippen molar-refractivity contribution in [3.63, 3.8) is 0 Å². The number of hydrogen-bond acceptors (Lipinski definition) is 8. The van der Waals surface area contributed by atoms with Crippen LogP contribution in [-0.2, 0) is 9.59 Å². The second-order valence-corrected chi connectivity index (χ2v) is 11.8. The lowest BCUT2D eigenvalue weighted by molar-refractivity contribution is -0.122. The molecule has 0 bridgehead atoms. The molecule has 0 radical (unpaired) electrons. The van der Waals surface area contributed by atoms with Gasteiger partial charge in [-0.1, -0.05) is 72.1 Å². The summed E-state index contributed by atoms with van der Waals surface area (Å²) >= 11 is 7.86. The molecule has 1 aliphatic rings. The highest BCUT2D eigenvalue weighted by atomic mass is 32.2. The molecule has 2 amide bonds. The van der Waals surface area contributed by atoms with Gasteiger partial charge >= 0.3 is 0 Å². The minimum absolute atomic E-state index is 0.0334. The first kappa shape index (κ1) is 28.6. The van der Waals surface area contributed by atoms with Crippen LogP contribution in [0.2, 0.25) is 0 Å². The Morgan fingerprint density at radius 3 is 2.63 bits per heavy atom. The molecular weight excluding hydrogens is 577 g/mol. The van der Waals surface area contributed by atoms with Crippen LogP contribution in [0.4, 0.5) is 5.69 Å². The fourth-order valence-corrected chi connectivity index (χ4v) is 6.39. The van der Waals surface area contributed by atoms with E-state index in [1.54, 1.807) is 13.2 Å². The number of carbonyl (C=O) groups excluding carboxylic acids is 3. The summed E-state index contributed by atoms with van der Waals surface area (Å²) in [5.41, 5.74) is 3.89. The molecule has 0 unspecified atom stereocenters. The van der Waals surface area contributed by atoms with E-state index >= 15 is 0 Å². The Morgan fingerprint density at radius 2 is 1.88 bits per heavy atom. The number of methoxy groups -OCH3 is 1. The Balaban J connectivity index is 1.27. The zero-order valence-electron chi connectivity index (χ0n) is 22.3. The molecule has 0 atom stereocenters. The number of rotatable bonds is 9. The van der Waals surface area contributed by atoms with Gasteiger partial charge in [0.25, 0.3) is 5.91 Å². The molecule has 5 rings (SSSR count). The standard InChI is InChI=1S/C30H26N4O4S3/c1-19-6-5-7-21(16-19)31-26(35)18-40-29-32-23-8-3-4-9-24(23)34(29)27(36)14-15-33-28(37)25(41-30(33)39)17-20-10-12-22(38-2)13-11-20/h3-13,16-17H,14-15,18H2,1-2H3,(H,31,35)/b25-17-. The molecule has 8 nitrogen and oxygen atoms in total. The topological polar surface area (TPSA) is 93.5 Å². The minimum Gasteiger partial charge on any atom is -0.497 e. The van der Waals surface area contributed by atoms with Crippen molar-refractivity contribution in [2.24, 2.45) is 0 Å². The minimum atomic E-state index is -0.242. The molecule has 41 heavy (non-hydrogen) atoms. The predicted octanol–water partition coefficient (Wildman–Crippen LogP) is 6.02. The molecule has 11 heteroatoms. The number of amides is 2. The molecule has 2 heterocycles. The third kappa shape index (κ3) is 6.70. The Kier molecular flexibility index (Phi) is 8.87. The summed E-state index contributed by atoms with van der Waals surface area (Å²) in [5, 5.41) is 3.30. The summed E-state index contributed by atoms with van der Waals surface area (Å²) in [6.45, 7) is 2.09. The fourth-order valence-electron chi connectivity index (χ4n) is 4.26. The molecule has 0 spiro atoms. The summed E-state index contributed by atoms with van der Waals surface area (Å²) in [6.07, 6.45) is 1.81. The molecule has 3 aromatic carbocycles. The molecule has 1 saturated heterocycles. The van der Waals surface area contributed by atoms with Crippen molar-refractivity contribution < 1.29 is 19.1 Å². The maximum absolute atomic E-state index is 13.5. The lowest BCUT2D eigenvalue weighted by Gasteiger charge is -2.15. The Bertz CT molecular complexity index is 1680. The van der Waals surface area contributed by atoms with Crippen LogP contribution in [0, 0.1) is 6.92 Å². The zero-order chi connectivity index (χ0) is 28.9. The van der Waals surface area contributed by atoms with Gasteiger partial charge in [-0.05, 0) is 60.5 Å².